The van der Waals surface area contributed by atoms with Crippen molar-refractivity contribution in [2.45, 2.75) is 19.5 Å². The average molecular weight is 586 g/mol. The highest BCUT2D eigenvalue weighted by atomic mass is 19.4. The molecule has 0 unspecified atom stereocenters. The molecular formula is C26H26F3N9O4. The first-order valence-corrected chi connectivity index (χ1v) is 13.0. The molecule has 1 fully saturated rings. The molecule has 0 bridgehead atoms. The first-order chi connectivity index (χ1) is 20.2. The zero-order valence-corrected chi connectivity index (χ0v) is 22.3. The van der Waals surface area contributed by atoms with Crippen LogP contribution in [0.2, 0.25) is 0 Å². The lowest BCUT2D eigenvalue weighted by molar-refractivity contribution is -0.140. The lowest BCUT2D eigenvalue weighted by atomic mass is 10.0. The highest BCUT2D eigenvalue weighted by Gasteiger charge is 2.36. The van der Waals surface area contributed by atoms with Crippen molar-refractivity contribution in [3.05, 3.63) is 53.7 Å². The number of H-pyrrole nitrogens is 1. The molecule has 0 atom stereocenters. The fourth-order valence-corrected chi connectivity index (χ4v) is 4.78. The number of halogens is 3. The topological polar surface area (TPSA) is 159 Å². The number of ether oxygens (including phenoxy) is 1. The van der Waals surface area contributed by atoms with Gasteiger partial charge in [0, 0.05) is 49.7 Å². The summed E-state index contributed by atoms with van der Waals surface area (Å²) in [6.07, 6.45) is 0.771. The van der Waals surface area contributed by atoms with Crippen LogP contribution in [0.3, 0.4) is 0 Å². The molecule has 0 saturated carbocycles. The van der Waals surface area contributed by atoms with Gasteiger partial charge in [0.1, 0.15) is 5.69 Å². The molecule has 2 amide bonds. The van der Waals surface area contributed by atoms with Crippen molar-refractivity contribution >= 4 is 35.4 Å². The van der Waals surface area contributed by atoms with Crippen LogP contribution in [-0.4, -0.2) is 80.5 Å². The molecule has 220 valence electrons. The Hall–Kier alpha value is -4.99. The number of carbonyl (C=O) groups is 3. The molecule has 1 aliphatic rings. The molecule has 1 saturated heterocycles. The van der Waals surface area contributed by atoms with Crippen LogP contribution in [0.4, 0.5) is 24.7 Å². The van der Waals surface area contributed by atoms with Crippen molar-refractivity contribution in [2.75, 3.05) is 38.0 Å². The number of fused-ring (bicyclic) bond motifs is 1. The number of hydrogen-bond donors (Lipinski definition) is 4. The summed E-state index contributed by atoms with van der Waals surface area (Å²) < 4.78 is 47.1. The van der Waals surface area contributed by atoms with Crippen LogP contribution in [0.15, 0.2) is 36.9 Å². The molecular weight excluding hydrogens is 559 g/mol. The van der Waals surface area contributed by atoms with Crippen LogP contribution in [0.1, 0.15) is 28.5 Å². The van der Waals surface area contributed by atoms with Crippen LogP contribution in [0, 0.1) is 0 Å². The normalized spacial score (nSPS) is 13.7. The van der Waals surface area contributed by atoms with E-state index in [1.54, 1.807) is 11.8 Å². The van der Waals surface area contributed by atoms with Gasteiger partial charge < -0.3 is 25.6 Å². The maximum atomic E-state index is 13.5. The molecule has 1 aliphatic heterocycles. The van der Waals surface area contributed by atoms with Gasteiger partial charge in [-0.25, -0.2) is 9.97 Å². The molecule has 4 N–H and O–H groups in total. The summed E-state index contributed by atoms with van der Waals surface area (Å²) in [5.74, 6) is -0.520. The Morgan fingerprint density at radius 3 is 2.67 bits per heavy atom. The number of benzene rings is 1. The molecule has 0 aliphatic carbocycles. The lowest BCUT2D eigenvalue weighted by Gasteiger charge is -2.27. The first kappa shape index (κ1) is 28.5. The van der Waals surface area contributed by atoms with Crippen LogP contribution in [0.5, 0.6) is 5.75 Å². The van der Waals surface area contributed by atoms with Crippen molar-refractivity contribution in [1.82, 2.24) is 40.1 Å². The second-order valence-corrected chi connectivity index (χ2v) is 9.24. The molecule has 4 heterocycles. The number of nitrogens with one attached hydrogen (secondary N) is 4. The van der Waals surface area contributed by atoms with Gasteiger partial charge in [-0.3, -0.25) is 23.9 Å². The molecule has 13 nitrogen and oxygen atoms in total. The second-order valence-electron chi connectivity index (χ2n) is 9.24. The molecule has 3 aromatic heterocycles. The van der Waals surface area contributed by atoms with E-state index in [1.807, 2.05) is 5.10 Å². The van der Waals surface area contributed by atoms with Gasteiger partial charge in [0.15, 0.2) is 17.2 Å². The van der Waals surface area contributed by atoms with Crippen molar-refractivity contribution in [3.8, 4) is 17.0 Å². The van der Waals surface area contributed by atoms with Gasteiger partial charge in [-0.15, -0.1) is 0 Å². The molecule has 16 heteroatoms. The smallest absolute Gasteiger partial charge is 0.426 e. The summed E-state index contributed by atoms with van der Waals surface area (Å²) >= 11 is 0. The zero-order valence-electron chi connectivity index (χ0n) is 22.3. The maximum Gasteiger partial charge on any atom is 0.433 e. The Morgan fingerprint density at radius 2 is 1.95 bits per heavy atom. The standard InChI is InChI=1S/C26H26F3N9O4/c1-2-15-16(25(41)33-13-20(40)37-8-5-30-6-9-37)3-4-18(21(15)42-14-39)35-23-24-32-12-19(38(24)10-7-31-23)17-11-34-36-22(17)26(27,28)29/h3-4,7,10-12,14,30H,2,5-6,8-9,13H2,1H3,(H,31,35)(H,33,41)(H,34,36). The second kappa shape index (κ2) is 11.9. The van der Waals surface area contributed by atoms with Gasteiger partial charge in [0.2, 0.25) is 5.91 Å². The average Bonchev–Trinajstić information content (AvgIpc) is 3.65. The number of imidazole rings is 1. The maximum absolute atomic E-state index is 13.5. The van der Waals surface area contributed by atoms with Gasteiger partial charge >= 0.3 is 6.18 Å². The third-order valence-electron chi connectivity index (χ3n) is 6.77. The van der Waals surface area contributed by atoms with E-state index >= 15 is 0 Å². The summed E-state index contributed by atoms with van der Waals surface area (Å²) in [7, 11) is 0. The highest BCUT2D eigenvalue weighted by Crippen LogP contribution is 2.37. The van der Waals surface area contributed by atoms with Crippen molar-refractivity contribution in [3.63, 3.8) is 0 Å². The Morgan fingerprint density at radius 1 is 1.17 bits per heavy atom. The predicted octanol–water partition coefficient (Wildman–Crippen LogP) is 2.14. The Kier molecular flexibility index (Phi) is 8.06. The minimum Gasteiger partial charge on any atom is -0.426 e. The van der Waals surface area contributed by atoms with E-state index in [1.165, 1.54) is 35.1 Å². The molecule has 1 aromatic carbocycles. The van der Waals surface area contributed by atoms with Crippen LogP contribution in [-0.2, 0) is 22.2 Å². The van der Waals surface area contributed by atoms with E-state index in [4.69, 9.17) is 4.74 Å². The zero-order chi connectivity index (χ0) is 29.9. The number of hydrogen-bond acceptors (Lipinski definition) is 9. The first-order valence-electron chi connectivity index (χ1n) is 13.0. The van der Waals surface area contributed by atoms with Crippen molar-refractivity contribution in [2.24, 2.45) is 0 Å². The minimum absolute atomic E-state index is 0.0540. The van der Waals surface area contributed by atoms with E-state index in [0.717, 1.165) is 6.20 Å². The van der Waals surface area contributed by atoms with Gasteiger partial charge in [-0.1, -0.05) is 6.92 Å². The fourth-order valence-electron chi connectivity index (χ4n) is 4.78. The molecule has 4 aromatic rings. The fraction of sp³-hybridized carbons (Fsp3) is 0.308. The molecule has 42 heavy (non-hydrogen) atoms. The predicted molar refractivity (Wildman–Crippen MR) is 143 cm³/mol. The lowest BCUT2D eigenvalue weighted by Crippen LogP contribution is -2.49. The summed E-state index contributed by atoms with van der Waals surface area (Å²) in [6, 6.07) is 3.01. The number of carbonyl (C=O) groups excluding carboxylic acids is 3. The number of nitrogens with zero attached hydrogens (tertiary/aromatic N) is 5. The van der Waals surface area contributed by atoms with Gasteiger partial charge in [0.05, 0.1) is 35.9 Å². The number of aromatic amines is 1. The number of piperazine rings is 1. The highest BCUT2D eigenvalue weighted by molar-refractivity contribution is 5.99. The minimum atomic E-state index is -4.66. The largest absolute Gasteiger partial charge is 0.433 e. The number of alkyl halides is 3. The van der Waals surface area contributed by atoms with Gasteiger partial charge in [-0.2, -0.15) is 18.3 Å². The van der Waals surface area contributed by atoms with E-state index in [2.05, 4.69) is 31.0 Å². The summed E-state index contributed by atoms with van der Waals surface area (Å²) in [6.45, 7) is 4.26. The third-order valence-corrected chi connectivity index (χ3v) is 6.77. The Balaban J connectivity index is 1.43. The summed E-state index contributed by atoms with van der Waals surface area (Å²) in [5, 5.41) is 14.3. The van der Waals surface area contributed by atoms with Gasteiger partial charge in [-0.05, 0) is 18.6 Å². The number of amides is 2. The molecule has 0 spiro atoms. The molecule has 5 rings (SSSR count). The van der Waals surface area contributed by atoms with E-state index < -0.39 is 17.8 Å². The van der Waals surface area contributed by atoms with E-state index in [-0.39, 0.29) is 58.6 Å². The van der Waals surface area contributed by atoms with Crippen LogP contribution >= 0.6 is 0 Å². The number of aromatic nitrogens is 5. The number of rotatable bonds is 9. The van der Waals surface area contributed by atoms with Crippen LogP contribution in [0.25, 0.3) is 16.9 Å². The monoisotopic (exact) mass is 585 g/mol. The Labute approximate surface area is 236 Å². The quantitative estimate of drug-likeness (QED) is 0.216. The van der Waals surface area contributed by atoms with Crippen molar-refractivity contribution < 1.29 is 32.3 Å². The Bertz CT molecular complexity index is 1630. The molecule has 0 radical (unpaired) electrons. The van der Waals surface area contributed by atoms with Crippen LogP contribution < -0.4 is 20.7 Å². The van der Waals surface area contributed by atoms with Gasteiger partial charge in [0.25, 0.3) is 12.4 Å². The summed E-state index contributed by atoms with van der Waals surface area (Å²) in [4.78, 5) is 47.2. The SMILES string of the molecule is CCc1c(C(=O)NCC(=O)N2CCNCC2)ccc(Nc2nccn3c(-c4cn[nH]c4C(F)(F)F)cnc23)c1OC=O. The summed E-state index contributed by atoms with van der Waals surface area (Å²) in [5.41, 5.74) is -0.0468. The van der Waals surface area contributed by atoms with E-state index in [0.29, 0.717) is 38.2 Å². The van der Waals surface area contributed by atoms with Crippen molar-refractivity contribution in [1.29, 1.82) is 0 Å². The van der Waals surface area contributed by atoms with E-state index in [9.17, 15) is 27.6 Å². The number of anilines is 2. The third kappa shape index (κ3) is 5.60.